The van der Waals surface area contributed by atoms with Crippen LogP contribution < -0.4 is 16.4 Å². The number of benzene rings is 1. The van der Waals surface area contributed by atoms with E-state index in [0.717, 1.165) is 11.1 Å². The summed E-state index contributed by atoms with van der Waals surface area (Å²) in [6, 6.07) is 5.20. The summed E-state index contributed by atoms with van der Waals surface area (Å²) in [6.07, 6.45) is 1.64. The maximum absolute atomic E-state index is 11.4. The van der Waals surface area contributed by atoms with Gasteiger partial charge < -0.3 is 16.4 Å². The molecule has 1 rings (SSSR count). The van der Waals surface area contributed by atoms with Crippen LogP contribution in [0.2, 0.25) is 0 Å². The molecule has 0 fully saturated rings. The number of amides is 2. The zero-order valence-corrected chi connectivity index (χ0v) is 9.79. The van der Waals surface area contributed by atoms with Crippen LogP contribution in [0.3, 0.4) is 0 Å². The summed E-state index contributed by atoms with van der Waals surface area (Å²) in [7, 11) is 0. The first-order valence-electron chi connectivity index (χ1n) is 5.06. The predicted molar refractivity (Wildman–Crippen MR) is 67.2 cm³/mol. The number of anilines is 2. The van der Waals surface area contributed by atoms with Gasteiger partial charge in [0.15, 0.2) is 0 Å². The van der Waals surface area contributed by atoms with Crippen molar-refractivity contribution < 1.29 is 4.79 Å². The lowest BCUT2D eigenvalue weighted by Gasteiger charge is -2.08. The molecule has 1 aromatic rings. The van der Waals surface area contributed by atoms with E-state index >= 15 is 0 Å². The third-order valence-corrected chi connectivity index (χ3v) is 1.95. The average molecular weight is 219 g/mol. The number of urea groups is 1. The molecular formula is C12H17N3O. The number of allylic oxidation sites excluding steroid dienone is 1. The molecule has 0 aromatic heterocycles. The molecule has 0 unspecified atom stereocenters. The smallest absolute Gasteiger partial charge is 0.323 e. The molecule has 0 heterocycles. The summed E-state index contributed by atoms with van der Waals surface area (Å²) in [6.45, 7) is 5.75. The highest BCUT2D eigenvalue weighted by molar-refractivity contribution is 5.93. The first kappa shape index (κ1) is 12.1. The number of nitrogen functional groups attached to an aromatic ring is 1. The second kappa shape index (κ2) is 5.21. The highest BCUT2D eigenvalue weighted by Crippen LogP contribution is 2.18. The van der Waals surface area contributed by atoms with Crippen LogP contribution in [0.4, 0.5) is 16.2 Å². The van der Waals surface area contributed by atoms with Gasteiger partial charge in [-0.2, -0.15) is 0 Å². The van der Waals surface area contributed by atoms with Crippen LogP contribution in [0, 0.1) is 6.92 Å². The van der Waals surface area contributed by atoms with Gasteiger partial charge in [-0.1, -0.05) is 11.6 Å². The fraction of sp³-hybridized carbons (Fsp3) is 0.250. The summed E-state index contributed by atoms with van der Waals surface area (Å²) in [5.74, 6) is 0. The number of nitrogens with one attached hydrogen (secondary N) is 2. The molecule has 0 aliphatic carbocycles. The van der Waals surface area contributed by atoms with E-state index in [4.69, 9.17) is 5.73 Å². The van der Waals surface area contributed by atoms with Crippen LogP contribution >= 0.6 is 0 Å². The predicted octanol–water partition coefficient (Wildman–Crippen LogP) is 2.62. The molecule has 0 spiro atoms. The lowest BCUT2D eigenvalue weighted by Crippen LogP contribution is -2.24. The van der Waals surface area contributed by atoms with Crippen LogP contribution in [0.1, 0.15) is 19.4 Å². The molecule has 0 radical (unpaired) electrons. The summed E-state index contributed by atoms with van der Waals surface area (Å²) in [5, 5.41) is 5.28. The number of nitrogens with two attached hydrogens (primary N) is 1. The van der Waals surface area contributed by atoms with Crippen molar-refractivity contribution in [1.29, 1.82) is 0 Å². The third-order valence-electron chi connectivity index (χ3n) is 1.95. The highest BCUT2D eigenvalue weighted by Gasteiger charge is 2.02. The van der Waals surface area contributed by atoms with Crippen molar-refractivity contribution in [2.45, 2.75) is 20.8 Å². The monoisotopic (exact) mass is 219 g/mol. The van der Waals surface area contributed by atoms with Gasteiger partial charge in [0.1, 0.15) is 0 Å². The molecular weight excluding hydrogens is 202 g/mol. The Hall–Kier alpha value is -1.97. The zero-order valence-electron chi connectivity index (χ0n) is 9.79. The van der Waals surface area contributed by atoms with Crippen molar-refractivity contribution in [3.8, 4) is 0 Å². The van der Waals surface area contributed by atoms with Gasteiger partial charge in [0.25, 0.3) is 0 Å². The van der Waals surface area contributed by atoms with Crippen LogP contribution in [0.15, 0.2) is 30.0 Å². The average Bonchev–Trinajstić information content (AvgIpc) is 2.19. The Bertz CT molecular complexity index is 420. The number of aryl methyl sites for hydroxylation is 1. The summed E-state index contributed by atoms with van der Waals surface area (Å²) in [5.41, 5.74) is 9.03. The Balaban J connectivity index is 2.66. The minimum Gasteiger partial charge on any atom is -0.397 e. The zero-order chi connectivity index (χ0) is 12.1. The second-order valence-corrected chi connectivity index (χ2v) is 3.91. The molecule has 0 saturated heterocycles. The van der Waals surface area contributed by atoms with Crippen molar-refractivity contribution in [2.75, 3.05) is 11.1 Å². The van der Waals surface area contributed by atoms with E-state index in [9.17, 15) is 4.79 Å². The molecule has 1 aromatic carbocycles. The van der Waals surface area contributed by atoms with E-state index < -0.39 is 0 Å². The van der Waals surface area contributed by atoms with E-state index in [1.807, 2.05) is 32.9 Å². The molecule has 0 saturated carbocycles. The number of carbonyl (C=O) groups excluding carboxylic acids is 1. The Labute approximate surface area is 95.5 Å². The van der Waals surface area contributed by atoms with Crippen LogP contribution in [-0.4, -0.2) is 6.03 Å². The minimum atomic E-state index is -0.295. The molecule has 0 bridgehead atoms. The van der Waals surface area contributed by atoms with Gasteiger partial charge in [0, 0.05) is 6.20 Å². The Morgan fingerprint density at radius 3 is 2.62 bits per heavy atom. The molecule has 16 heavy (non-hydrogen) atoms. The van der Waals surface area contributed by atoms with E-state index in [2.05, 4.69) is 10.6 Å². The molecule has 0 aliphatic heterocycles. The van der Waals surface area contributed by atoms with Crippen LogP contribution in [0.25, 0.3) is 0 Å². The van der Waals surface area contributed by atoms with E-state index in [1.165, 1.54) is 0 Å². The minimum absolute atomic E-state index is 0.295. The lowest BCUT2D eigenvalue weighted by atomic mass is 10.2. The van der Waals surface area contributed by atoms with E-state index in [0.29, 0.717) is 11.4 Å². The van der Waals surface area contributed by atoms with Crippen molar-refractivity contribution in [2.24, 2.45) is 0 Å². The largest absolute Gasteiger partial charge is 0.397 e. The van der Waals surface area contributed by atoms with Gasteiger partial charge in [-0.3, -0.25) is 0 Å². The fourth-order valence-corrected chi connectivity index (χ4v) is 1.16. The molecule has 4 nitrogen and oxygen atoms in total. The third kappa shape index (κ3) is 3.65. The van der Waals surface area contributed by atoms with Crippen LogP contribution in [-0.2, 0) is 0 Å². The van der Waals surface area contributed by atoms with Gasteiger partial charge in [-0.15, -0.1) is 0 Å². The van der Waals surface area contributed by atoms with E-state index in [1.54, 1.807) is 12.3 Å². The van der Waals surface area contributed by atoms with Crippen molar-refractivity contribution in [3.05, 3.63) is 35.5 Å². The normalized spacial score (nSPS) is 9.44. The molecule has 4 heteroatoms. The standard InChI is InChI=1S/C12H17N3O/c1-8(2)7-14-12(16)15-11-5-4-9(3)6-10(11)13/h4-7H,13H2,1-3H3,(H2,14,15,16). The van der Waals surface area contributed by atoms with Gasteiger partial charge in [-0.05, 0) is 38.5 Å². The Kier molecular flexibility index (Phi) is 3.94. The molecule has 4 N–H and O–H groups in total. The summed E-state index contributed by atoms with van der Waals surface area (Å²) < 4.78 is 0. The van der Waals surface area contributed by atoms with Crippen molar-refractivity contribution in [1.82, 2.24) is 5.32 Å². The number of hydrogen-bond acceptors (Lipinski definition) is 2. The molecule has 2 amide bonds. The molecule has 0 aliphatic rings. The molecule has 0 atom stereocenters. The first-order chi connectivity index (χ1) is 7.49. The van der Waals surface area contributed by atoms with Gasteiger partial charge in [0.05, 0.1) is 11.4 Å². The fourth-order valence-electron chi connectivity index (χ4n) is 1.16. The Morgan fingerprint density at radius 1 is 1.38 bits per heavy atom. The Morgan fingerprint density at radius 2 is 2.06 bits per heavy atom. The number of hydrogen-bond donors (Lipinski definition) is 3. The lowest BCUT2D eigenvalue weighted by molar-refractivity contribution is 0.255. The maximum Gasteiger partial charge on any atom is 0.323 e. The first-order valence-corrected chi connectivity index (χ1v) is 5.06. The SMILES string of the molecule is CC(C)=CNC(=O)Nc1ccc(C)cc1N. The topological polar surface area (TPSA) is 67.2 Å². The van der Waals surface area contributed by atoms with Crippen LogP contribution in [0.5, 0.6) is 0 Å². The maximum atomic E-state index is 11.4. The van der Waals surface area contributed by atoms with Gasteiger partial charge in [-0.25, -0.2) is 4.79 Å². The number of rotatable bonds is 2. The quantitative estimate of drug-likeness (QED) is 0.669. The van der Waals surface area contributed by atoms with Crippen molar-refractivity contribution >= 4 is 17.4 Å². The van der Waals surface area contributed by atoms with Gasteiger partial charge >= 0.3 is 6.03 Å². The summed E-state index contributed by atoms with van der Waals surface area (Å²) >= 11 is 0. The highest BCUT2D eigenvalue weighted by atomic mass is 16.2. The summed E-state index contributed by atoms with van der Waals surface area (Å²) in [4.78, 5) is 11.4. The van der Waals surface area contributed by atoms with Crippen molar-refractivity contribution in [3.63, 3.8) is 0 Å². The second-order valence-electron chi connectivity index (χ2n) is 3.91. The van der Waals surface area contributed by atoms with Gasteiger partial charge in [0.2, 0.25) is 0 Å². The molecule has 86 valence electrons. The van der Waals surface area contributed by atoms with E-state index in [-0.39, 0.29) is 6.03 Å². The number of carbonyl (C=O) groups is 1.